The van der Waals surface area contributed by atoms with Gasteiger partial charge in [0.1, 0.15) is 11.9 Å². The lowest BCUT2D eigenvalue weighted by Crippen LogP contribution is -2.12. The van der Waals surface area contributed by atoms with Crippen LogP contribution in [-0.4, -0.2) is 9.97 Å². The van der Waals surface area contributed by atoms with E-state index in [0.29, 0.717) is 5.56 Å². The Morgan fingerprint density at radius 2 is 2.00 bits per heavy atom. The molecule has 20 heavy (non-hydrogen) atoms. The molecule has 0 aliphatic heterocycles. The van der Waals surface area contributed by atoms with Crippen LogP contribution in [0.15, 0.2) is 30.6 Å². The first-order chi connectivity index (χ1) is 9.65. The summed E-state index contributed by atoms with van der Waals surface area (Å²) in [6, 6.07) is 8.32. The number of anilines is 1. The van der Waals surface area contributed by atoms with Crippen LogP contribution >= 0.6 is 0 Å². The van der Waals surface area contributed by atoms with Gasteiger partial charge >= 0.3 is 0 Å². The van der Waals surface area contributed by atoms with Gasteiger partial charge in [-0.25, -0.2) is 4.98 Å². The Hall–Kier alpha value is -2.41. The molecule has 1 N–H and O–H groups in total. The third-order valence-corrected chi connectivity index (χ3v) is 3.35. The van der Waals surface area contributed by atoms with E-state index in [0.717, 1.165) is 23.5 Å². The maximum Gasteiger partial charge on any atom is 0.127 e. The van der Waals surface area contributed by atoms with Gasteiger partial charge in [-0.2, -0.15) is 5.26 Å². The van der Waals surface area contributed by atoms with Crippen LogP contribution in [-0.2, 0) is 0 Å². The van der Waals surface area contributed by atoms with Crippen molar-refractivity contribution in [1.29, 1.82) is 5.26 Å². The Bertz CT molecular complexity index is 606. The number of nitriles is 1. The molecule has 0 aromatic carbocycles. The van der Waals surface area contributed by atoms with E-state index in [1.165, 1.54) is 5.56 Å². The minimum absolute atomic E-state index is 0.192. The molecule has 2 rings (SSSR count). The summed E-state index contributed by atoms with van der Waals surface area (Å²) in [6.07, 6.45) is 4.54. The summed E-state index contributed by atoms with van der Waals surface area (Å²) in [5, 5.41) is 12.5. The second-order valence-corrected chi connectivity index (χ2v) is 4.78. The number of aryl methyl sites for hydroxylation is 2. The van der Waals surface area contributed by atoms with Gasteiger partial charge in [0, 0.05) is 12.4 Å². The zero-order valence-electron chi connectivity index (χ0n) is 12.0. The lowest BCUT2D eigenvalue weighted by Gasteiger charge is -2.19. The molecule has 1 atom stereocenters. The van der Waals surface area contributed by atoms with Gasteiger partial charge in [-0.1, -0.05) is 6.92 Å². The standard InChI is InChI=1S/C16H18N4/c1-4-15(13-5-7-18-8-6-13)20-16-9-11(2)14(10-17)12(3)19-16/h5-9,15H,4H2,1-3H3,(H,19,20). The molecular formula is C16H18N4. The fraction of sp³-hybridized carbons (Fsp3) is 0.312. The van der Waals surface area contributed by atoms with Gasteiger partial charge in [0.25, 0.3) is 0 Å². The zero-order valence-corrected chi connectivity index (χ0v) is 12.0. The van der Waals surface area contributed by atoms with Crippen LogP contribution in [0.4, 0.5) is 5.82 Å². The summed E-state index contributed by atoms with van der Waals surface area (Å²) in [7, 11) is 0. The summed E-state index contributed by atoms with van der Waals surface area (Å²) in [5.74, 6) is 0.808. The quantitative estimate of drug-likeness (QED) is 0.919. The van der Waals surface area contributed by atoms with Crippen molar-refractivity contribution in [2.75, 3.05) is 5.32 Å². The second kappa shape index (κ2) is 6.16. The number of nitrogens with one attached hydrogen (secondary N) is 1. The molecule has 0 amide bonds. The minimum Gasteiger partial charge on any atom is -0.363 e. The first-order valence-corrected chi connectivity index (χ1v) is 6.70. The Balaban J connectivity index is 2.27. The monoisotopic (exact) mass is 266 g/mol. The molecule has 0 radical (unpaired) electrons. The highest BCUT2D eigenvalue weighted by Gasteiger charge is 2.12. The van der Waals surface area contributed by atoms with Gasteiger partial charge in [0.15, 0.2) is 0 Å². The van der Waals surface area contributed by atoms with Gasteiger partial charge in [-0.3, -0.25) is 4.98 Å². The van der Waals surface area contributed by atoms with Crippen molar-refractivity contribution in [2.45, 2.75) is 33.2 Å². The van der Waals surface area contributed by atoms with E-state index < -0.39 is 0 Å². The highest BCUT2D eigenvalue weighted by atomic mass is 15.0. The van der Waals surface area contributed by atoms with Crippen molar-refractivity contribution in [1.82, 2.24) is 9.97 Å². The zero-order chi connectivity index (χ0) is 14.5. The van der Waals surface area contributed by atoms with Crippen molar-refractivity contribution < 1.29 is 0 Å². The molecule has 0 fully saturated rings. The molecular weight excluding hydrogens is 248 g/mol. The molecule has 4 nitrogen and oxygen atoms in total. The van der Waals surface area contributed by atoms with Crippen molar-refractivity contribution in [3.05, 3.63) is 53.0 Å². The lowest BCUT2D eigenvalue weighted by atomic mass is 10.1. The van der Waals surface area contributed by atoms with E-state index in [-0.39, 0.29) is 6.04 Å². The Morgan fingerprint density at radius 1 is 1.30 bits per heavy atom. The maximum atomic E-state index is 9.08. The molecule has 0 saturated carbocycles. The topological polar surface area (TPSA) is 61.6 Å². The average molecular weight is 266 g/mol. The van der Waals surface area contributed by atoms with Gasteiger partial charge in [0.2, 0.25) is 0 Å². The van der Waals surface area contributed by atoms with Crippen LogP contribution < -0.4 is 5.32 Å². The highest BCUT2D eigenvalue weighted by molar-refractivity contribution is 5.49. The molecule has 0 bridgehead atoms. The van der Waals surface area contributed by atoms with Crippen molar-refractivity contribution in [3.63, 3.8) is 0 Å². The summed E-state index contributed by atoms with van der Waals surface area (Å²) < 4.78 is 0. The number of hydrogen-bond donors (Lipinski definition) is 1. The van der Waals surface area contributed by atoms with Crippen LogP contribution in [0.25, 0.3) is 0 Å². The Morgan fingerprint density at radius 3 is 2.55 bits per heavy atom. The van der Waals surface area contributed by atoms with E-state index in [1.54, 1.807) is 12.4 Å². The average Bonchev–Trinajstić information content (AvgIpc) is 2.45. The molecule has 102 valence electrons. The van der Waals surface area contributed by atoms with Crippen LogP contribution in [0.5, 0.6) is 0 Å². The summed E-state index contributed by atoms with van der Waals surface area (Å²) in [4.78, 5) is 8.51. The van der Waals surface area contributed by atoms with Crippen LogP contribution in [0.2, 0.25) is 0 Å². The molecule has 0 spiro atoms. The van der Waals surface area contributed by atoms with Gasteiger partial charge in [-0.05, 0) is 49.6 Å². The molecule has 0 saturated heterocycles. The third-order valence-electron chi connectivity index (χ3n) is 3.35. The van der Waals surface area contributed by atoms with Crippen LogP contribution in [0.3, 0.4) is 0 Å². The molecule has 2 aromatic heterocycles. The Labute approximate surface area is 119 Å². The van der Waals surface area contributed by atoms with Gasteiger partial charge in [0.05, 0.1) is 17.3 Å². The summed E-state index contributed by atoms with van der Waals surface area (Å²) in [6.45, 7) is 5.93. The predicted octanol–water partition coefficient (Wildman–Crippen LogP) is 3.53. The van der Waals surface area contributed by atoms with Gasteiger partial charge in [-0.15, -0.1) is 0 Å². The first-order valence-electron chi connectivity index (χ1n) is 6.70. The first kappa shape index (κ1) is 14.0. The van der Waals surface area contributed by atoms with E-state index in [2.05, 4.69) is 28.3 Å². The number of nitrogens with zero attached hydrogens (tertiary/aromatic N) is 3. The lowest BCUT2D eigenvalue weighted by molar-refractivity contribution is 0.742. The molecule has 1 unspecified atom stereocenters. The fourth-order valence-electron chi connectivity index (χ4n) is 2.27. The predicted molar refractivity (Wildman–Crippen MR) is 79.3 cm³/mol. The summed E-state index contributed by atoms with van der Waals surface area (Å²) >= 11 is 0. The largest absolute Gasteiger partial charge is 0.363 e. The Kier molecular flexibility index (Phi) is 4.31. The van der Waals surface area contributed by atoms with E-state index in [1.807, 2.05) is 32.0 Å². The van der Waals surface area contributed by atoms with Crippen molar-refractivity contribution in [3.8, 4) is 6.07 Å². The molecule has 2 aromatic rings. The fourth-order valence-corrected chi connectivity index (χ4v) is 2.27. The van der Waals surface area contributed by atoms with Crippen LogP contribution in [0, 0.1) is 25.2 Å². The maximum absolute atomic E-state index is 9.08. The minimum atomic E-state index is 0.192. The molecule has 2 heterocycles. The molecule has 0 aliphatic rings. The molecule has 0 aliphatic carbocycles. The van der Waals surface area contributed by atoms with Crippen molar-refractivity contribution >= 4 is 5.82 Å². The van der Waals surface area contributed by atoms with Gasteiger partial charge < -0.3 is 5.32 Å². The number of pyridine rings is 2. The third kappa shape index (κ3) is 2.94. The number of rotatable bonds is 4. The molecule has 4 heteroatoms. The van der Waals surface area contributed by atoms with Crippen molar-refractivity contribution in [2.24, 2.45) is 0 Å². The smallest absolute Gasteiger partial charge is 0.127 e. The number of hydrogen-bond acceptors (Lipinski definition) is 4. The second-order valence-electron chi connectivity index (χ2n) is 4.78. The highest BCUT2D eigenvalue weighted by Crippen LogP contribution is 2.23. The van der Waals surface area contributed by atoms with E-state index in [4.69, 9.17) is 5.26 Å². The van der Waals surface area contributed by atoms with Crippen LogP contribution in [0.1, 0.15) is 41.8 Å². The SMILES string of the molecule is CCC(Nc1cc(C)c(C#N)c(C)n1)c1ccncc1. The summed E-state index contributed by atoms with van der Waals surface area (Å²) in [5.41, 5.74) is 3.56. The normalized spacial score (nSPS) is 11.7. The number of aromatic nitrogens is 2. The van der Waals surface area contributed by atoms with E-state index >= 15 is 0 Å². The van der Waals surface area contributed by atoms with E-state index in [9.17, 15) is 0 Å².